The van der Waals surface area contributed by atoms with Crippen molar-refractivity contribution in [2.45, 2.75) is 26.3 Å². The molecule has 1 aromatic rings. The topological polar surface area (TPSA) is 49.3 Å². The molecule has 4 heteroatoms. The van der Waals surface area contributed by atoms with Crippen molar-refractivity contribution in [2.24, 2.45) is 0 Å². The van der Waals surface area contributed by atoms with Gasteiger partial charge in [-0.1, -0.05) is 47.1 Å². The van der Waals surface area contributed by atoms with E-state index in [9.17, 15) is 4.79 Å². The van der Waals surface area contributed by atoms with Gasteiger partial charge >= 0.3 is 5.97 Å². The van der Waals surface area contributed by atoms with Crippen LogP contribution in [0.2, 0.25) is 0 Å². The quantitative estimate of drug-likeness (QED) is 0.790. The third kappa shape index (κ3) is 4.27. The van der Waals surface area contributed by atoms with E-state index in [1.54, 1.807) is 6.08 Å². The summed E-state index contributed by atoms with van der Waals surface area (Å²) in [6.07, 6.45) is 2.27. The largest absolute Gasteiger partial charge is 0.478 e. The Morgan fingerprint density at radius 3 is 2.72 bits per heavy atom. The summed E-state index contributed by atoms with van der Waals surface area (Å²) in [7, 11) is 0. The lowest BCUT2D eigenvalue weighted by Crippen LogP contribution is -2.19. The Labute approximate surface area is 116 Å². The van der Waals surface area contributed by atoms with Gasteiger partial charge in [0.1, 0.15) is 0 Å². The Balaban J connectivity index is 2.59. The van der Waals surface area contributed by atoms with Crippen molar-refractivity contribution in [1.82, 2.24) is 5.32 Å². The van der Waals surface area contributed by atoms with Gasteiger partial charge in [0.05, 0.1) is 0 Å². The number of hydrogen-bond acceptors (Lipinski definition) is 2. The van der Waals surface area contributed by atoms with Crippen LogP contribution in [0.5, 0.6) is 0 Å². The van der Waals surface area contributed by atoms with Crippen LogP contribution < -0.4 is 5.32 Å². The van der Waals surface area contributed by atoms with Crippen LogP contribution in [0.3, 0.4) is 0 Å². The summed E-state index contributed by atoms with van der Waals surface area (Å²) in [4.78, 5) is 10.8. The van der Waals surface area contributed by atoms with Gasteiger partial charge in [-0.2, -0.15) is 0 Å². The number of carbonyl (C=O) groups is 1. The number of aliphatic carboxylic acids is 1. The SMILES string of the molecule is CC/C(=C/CN[C@@H](C)c1ccccc1Br)C(=O)O. The van der Waals surface area contributed by atoms with Gasteiger partial charge in [0.25, 0.3) is 0 Å². The fraction of sp³-hybridized carbons (Fsp3) is 0.357. The van der Waals surface area contributed by atoms with Crippen LogP contribution in [-0.2, 0) is 4.79 Å². The van der Waals surface area contributed by atoms with Crippen molar-refractivity contribution in [3.05, 3.63) is 46.0 Å². The lowest BCUT2D eigenvalue weighted by molar-refractivity contribution is -0.132. The molecular weight excluding hydrogens is 294 g/mol. The van der Waals surface area contributed by atoms with E-state index in [1.807, 2.05) is 31.2 Å². The highest BCUT2D eigenvalue weighted by Gasteiger charge is 2.08. The first-order chi connectivity index (χ1) is 8.56. The molecule has 2 N–H and O–H groups in total. The minimum absolute atomic E-state index is 0.170. The maximum Gasteiger partial charge on any atom is 0.331 e. The first-order valence-electron chi connectivity index (χ1n) is 5.96. The fourth-order valence-corrected chi connectivity index (χ4v) is 2.31. The number of hydrogen-bond donors (Lipinski definition) is 2. The third-order valence-electron chi connectivity index (χ3n) is 2.80. The fourth-order valence-electron chi connectivity index (χ4n) is 1.68. The highest BCUT2D eigenvalue weighted by atomic mass is 79.9. The highest BCUT2D eigenvalue weighted by Crippen LogP contribution is 2.22. The van der Waals surface area contributed by atoms with Gasteiger partial charge in [-0.3, -0.25) is 0 Å². The molecule has 18 heavy (non-hydrogen) atoms. The predicted octanol–water partition coefficient (Wildman–Crippen LogP) is 3.52. The Morgan fingerprint density at radius 2 is 2.17 bits per heavy atom. The predicted molar refractivity (Wildman–Crippen MR) is 76.6 cm³/mol. The molecule has 0 amide bonds. The van der Waals surface area contributed by atoms with Crippen molar-refractivity contribution in [3.63, 3.8) is 0 Å². The second-order valence-electron chi connectivity index (χ2n) is 4.04. The van der Waals surface area contributed by atoms with Crippen molar-refractivity contribution in [3.8, 4) is 0 Å². The van der Waals surface area contributed by atoms with Gasteiger partial charge in [0, 0.05) is 22.6 Å². The summed E-state index contributed by atoms with van der Waals surface area (Å²) in [5.41, 5.74) is 1.61. The first kappa shape index (κ1) is 14.9. The second-order valence-corrected chi connectivity index (χ2v) is 4.89. The minimum Gasteiger partial charge on any atom is -0.478 e. The molecule has 3 nitrogen and oxygen atoms in total. The second kappa shape index (κ2) is 7.34. The highest BCUT2D eigenvalue weighted by molar-refractivity contribution is 9.10. The number of nitrogens with one attached hydrogen (secondary N) is 1. The van der Waals surface area contributed by atoms with E-state index >= 15 is 0 Å². The Kier molecular flexibility index (Phi) is 6.09. The molecule has 0 aliphatic heterocycles. The van der Waals surface area contributed by atoms with Crippen molar-refractivity contribution in [1.29, 1.82) is 0 Å². The van der Waals surface area contributed by atoms with Gasteiger partial charge < -0.3 is 10.4 Å². The van der Waals surface area contributed by atoms with Gasteiger partial charge in [-0.25, -0.2) is 4.79 Å². The average Bonchev–Trinajstić information content (AvgIpc) is 2.34. The van der Waals surface area contributed by atoms with Crippen LogP contribution >= 0.6 is 15.9 Å². The standard InChI is InChI=1S/C14H18BrNO2/c1-3-11(14(17)18)8-9-16-10(2)12-6-4-5-7-13(12)15/h4-8,10,16H,3,9H2,1-2H3,(H,17,18)/b11-8-/t10-/m0/s1. The Hall–Kier alpha value is -1.13. The van der Waals surface area contributed by atoms with Gasteiger partial charge in [0.15, 0.2) is 0 Å². The molecule has 0 saturated carbocycles. The maximum atomic E-state index is 10.8. The molecule has 0 aliphatic carbocycles. The summed E-state index contributed by atoms with van der Waals surface area (Å²) in [5.74, 6) is -0.840. The first-order valence-corrected chi connectivity index (χ1v) is 6.75. The number of carboxylic acids is 1. The van der Waals surface area contributed by atoms with Crippen LogP contribution in [-0.4, -0.2) is 17.6 Å². The summed E-state index contributed by atoms with van der Waals surface area (Å²) in [6.45, 7) is 4.45. The molecule has 1 atom stereocenters. The van der Waals surface area contributed by atoms with Crippen LogP contribution in [0.4, 0.5) is 0 Å². The molecule has 1 rings (SSSR count). The molecule has 0 unspecified atom stereocenters. The summed E-state index contributed by atoms with van der Waals surface area (Å²) in [6, 6.07) is 8.17. The van der Waals surface area contributed by atoms with E-state index in [2.05, 4.69) is 28.2 Å². The van der Waals surface area contributed by atoms with E-state index in [4.69, 9.17) is 5.11 Å². The van der Waals surface area contributed by atoms with Crippen LogP contribution in [0.15, 0.2) is 40.4 Å². The zero-order chi connectivity index (χ0) is 13.5. The van der Waals surface area contributed by atoms with E-state index in [0.717, 1.165) is 4.47 Å². The van der Waals surface area contributed by atoms with E-state index in [0.29, 0.717) is 18.5 Å². The Morgan fingerprint density at radius 1 is 1.50 bits per heavy atom. The zero-order valence-corrected chi connectivity index (χ0v) is 12.2. The number of halogens is 1. The minimum atomic E-state index is -0.840. The van der Waals surface area contributed by atoms with E-state index in [1.165, 1.54) is 5.56 Å². The monoisotopic (exact) mass is 311 g/mol. The number of benzene rings is 1. The molecule has 0 fully saturated rings. The van der Waals surface area contributed by atoms with Gasteiger partial charge in [0.2, 0.25) is 0 Å². The van der Waals surface area contributed by atoms with Gasteiger partial charge in [-0.15, -0.1) is 0 Å². The van der Waals surface area contributed by atoms with Crippen molar-refractivity contribution < 1.29 is 9.90 Å². The average molecular weight is 312 g/mol. The molecule has 0 heterocycles. The number of rotatable bonds is 6. The zero-order valence-electron chi connectivity index (χ0n) is 10.6. The van der Waals surface area contributed by atoms with Crippen LogP contribution in [0, 0.1) is 0 Å². The molecule has 98 valence electrons. The lowest BCUT2D eigenvalue weighted by Gasteiger charge is -2.14. The van der Waals surface area contributed by atoms with Crippen molar-refractivity contribution >= 4 is 21.9 Å². The normalized spacial score (nSPS) is 13.4. The third-order valence-corrected chi connectivity index (χ3v) is 3.52. The lowest BCUT2D eigenvalue weighted by atomic mass is 10.1. The van der Waals surface area contributed by atoms with Crippen molar-refractivity contribution in [2.75, 3.05) is 6.54 Å². The molecule has 0 radical (unpaired) electrons. The molecule has 0 aromatic heterocycles. The Bertz CT molecular complexity index is 443. The summed E-state index contributed by atoms with van der Waals surface area (Å²) < 4.78 is 1.06. The molecule has 0 saturated heterocycles. The van der Waals surface area contributed by atoms with Gasteiger partial charge in [-0.05, 0) is 25.0 Å². The molecule has 0 spiro atoms. The molecular formula is C14H18BrNO2. The summed E-state index contributed by atoms with van der Waals surface area (Å²) in [5, 5.41) is 12.2. The molecule has 0 bridgehead atoms. The number of carboxylic acid groups (broad SMARTS) is 1. The maximum absolute atomic E-state index is 10.8. The van der Waals surface area contributed by atoms with E-state index in [-0.39, 0.29) is 6.04 Å². The van der Waals surface area contributed by atoms with Crippen LogP contribution in [0.25, 0.3) is 0 Å². The molecule has 1 aromatic carbocycles. The summed E-state index contributed by atoms with van der Waals surface area (Å²) >= 11 is 3.51. The van der Waals surface area contributed by atoms with Crippen LogP contribution in [0.1, 0.15) is 31.9 Å². The smallest absolute Gasteiger partial charge is 0.331 e. The van der Waals surface area contributed by atoms with E-state index < -0.39 is 5.97 Å². The molecule has 0 aliphatic rings.